The maximum atomic E-state index is 12.5. The van der Waals surface area contributed by atoms with Gasteiger partial charge in [0.2, 0.25) is 0 Å². The van der Waals surface area contributed by atoms with Crippen molar-refractivity contribution in [2.75, 3.05) is 20.1 Å². The van der Waals surface area contributed by atoms with Crippen LogP contribution in [0, 0.1) is 13.8 Å². The molecule has 0 aliphatic carbocycles. The Bertz CT molecular complexity index is 505. The quantitative estimate of drug-likeness (QED) is 0.927. The smallest absolute Gasteiger partial charge is 0.387 e. The lowest BCUT2D eigenvalue weighted by Gasteiger charge is -2.24. The SMILES string of the molecule is Cc1cc(C(=O)N(C)C2CCNC2)cc(C)c1OC(F)F. The van der Waals surface area contributed by atoms with E-state index in [1.54, 1.807) is 37.9 Å². The van der Waals surface area contributed by atoms with Crippen molar-refractivity contribution < 1.29 is 18.3 Å². The number of nitrogens with one attached hydrogen (secondary N) is 1. The summed E-state index contributed by atoms with van der Waals surface area (Å²) in [7, 11) is 1.77. The molecule has 1 aliphatic rings. The molecule has 1 amide bonds. The van der Waals surface area contributed by atoms with Gasteiger partial charge in [0.05, 0.1) is 0 Å². The average Bonchev–Trinajstić information content (AvgIpc) is 2.94. The maximum Gasteiger partial charge on any atom is 0.387 e. The second-order valence-electron chi connectivity index (χ2n) is 5.38. The van der Waals surface area contributed by atoms with Crippen LogP contribution in [0.4, 0.5) is 8.78 Å². The van der Waals surface area contributed by atoms with Crippen LogP contribution in [0.15, 0.2) is 12.1 Å². The number of alkyl halides is 2. The Labute approximate surface area is 123 Å². The van der Waals surface area contributed by atoms with Gasteiger partial charge >= 0.3 is 6.61 Å². The molecule has 1 unspecified atom stereocenters. The van der Waals surface area contributed by atoms with Gasteiger partial charge in [0, 0.05) is 25.2 Å². The number of nitrogens with zero attached hydrogens (tertiary/aromatic N) is 1. The molecule has 1 heterocycles. The summed E-state index contributed by atoms with van der Waals surface area (Å²) >= 11 is 0. The van der Waals surface area contributed by atoms with Crippen LogP contribution in [0.1, 0.15) is 27.9 Å². The maximum absolute atomic E-state index is 12.5. The molecule has 0 spiro atoms. The highest BCUT2D eigenvalue weighted by atomic mass is 19.3. The number of halogens is 2. The molecule has 21 heavy (non-hydrogen) atoms. The second-order valence-corrected chi connectivity index (χ2v) is 5.38. The topological polar surface area (TPSA) is 41.6 Å². The Morgan fingerprint density at radius 2 is 2.00 bits per heavy atom. The lowest BCUT2D eigenvalue weighted by molar-refractivity contribution is -0.0507. The van der Waals surface area contributed by atoms with E-state index in [0.29, 0.717) is 16.7 Å². The molecule has 1 saturated heterocycles. The van der Waals surface area contributed by atoms with Gasteiger partial charge in [-0.25, -0.2) is 0 Å². The third kappa shape index (κ3) is 3.50. The first-order valence-electron chi connectivity index (χ1n) is 6.94. The fourth-order valence-electron chi connectivity index (χ4n) is 2.69. The highest BCUT2D eigenvalue weighted by Crippen LogP contribution is 2.27. The number of benzene rings is 1. The Morgan fingerprint density at radius 3 is 2.48 bits per heavy atom. The van der Waals surface area contributed by atoms with Crippen molar-refractivity contribution in [2.45, 2.75) is 32.9 Å². The van der Waals surface area contributed by atoms with E-state index in [0.717, 1.165) is 19.5 Å². The summed E-state index contributed by atoms with van der Waals surface area (Å²) in [6.45, 7) is 2.15. The molecule has 0 aromatic heterocycles. The highest BCUT2D eigenvalue weighted by Gasteiger charge is 2.25. The van der Waals surface area contributed by atoms with Crippen LogP contribution in [0.5, 0.6) is 5.75 Å². The number of likely N-dealkylation sites (N-methyl/N-ethyl adjacent to an activating group) is 1. The molecule has 116 valence electrons. The number of carbonyl (C=O) groups excluding carboxylic acids is 1. The molecule has 1 aromatic carbocycles. The number of ether oxygens (including phenoxy) is 1. The zero-order valence-electron chi connectivity index (χ0n) is 12.5. The first-order chi connectivity index (χ1) is 9.90. The van der Waals surface area contributed by atoms with E-state index in [4.69, 9.17) is 0 Å². The van der Waals surface area contributed by atoms with Crippen LogP contribution < -0.4 is 10.1 Å². The van der Waals surface area contributed by atoms with E-state index in [1.807, 2.05) is 0 Å². The summed E-state index contributed by atoms with van der Waals surface area (Å²) in [5, 5.41) is 3.22. The summed E-state index contributed by atoms with van der Waals surface area (Å²) in [5.41, 5.74) is 1.58. The van der Waals surface area contributed by atoms with Crippen LogP contribution in [0.25, 0.3) is 0 Å². The number of carbonyl (C=O) groups is 1. The third-order valence-electron chi connectivity index (χ3n) is 3.82. The molecule has 1 aromatic rings. The van der Waals surface area contributed by atoms with Gasteiger partial charge in [-0.15, -0.1) is 0 Å². The first kappa shape index (κ1) is 15.7. The summed E-state index contributed by atoms with van der Waals surface area (Å²) in [6, 6.07) is 3.38. The lowest BCUT2D eigenvalue weighted by Crippen LogP contribution is -2.38. The molecular weight excluding hydrogens is 278 g/mol. The van der Waals surface area contributed by atoms with Gasteiger partial charge in [0.15, 0.2) is 0 Å². The fourth-order valence-corrected chi connectivity index (χ4v) is 2.69. The number of rotatable bonds is 4. The van der Waals surface area contributed by atoms with Crippen molar-refractivity contribution >= 4 is 5.91 Å². The number of aryl methyl sites for hydroxylation is 2. The molecule has 1 atom stereocenters. The molecule has 1 fully saturated rings. The summed E-state index contributed by atoms with van der Waals surface area (Å²) in [5.74, 6) is 0.0465. The zero-order chi connectivity index (χ0) is 15.6. The minimum Gasteiger partial charge on any atom is -0.434 e. The van der Waals surface area contributed by atoms with Crippen molar-refractivity contribution in [3.05, 3.63) is 28.8 Å². The van der Waals surface area contributed by atoms with Crippen molar-refractivity contribution in [2.24, 2.45) is 0 Å². The average molecular weight is 298 g/mol. The minimum absolute atomic E-state index is 0.0986. The number of amides is 1. The minimum atomic E-state index is -2.86. The molecule has 1 N–H and O–H groups in total. The Balaban J connectivity index is 2.22. The molecule has 6 heteroatoms. The van der Waals surface area contributed by atoms with E-state index in [-0.39, 0.29) is 17.7 Å². The Morgan fingerprint density at radius 1 is 1.38 bits per heavy atom. The van der Waals surface area contributed by atoms with Crippen molar-refractivity contribution in [3.8, 4) is 5.75 Å². The largest absolute Gasteiger partial charge is 0.434 e. The van der Waals surface area contributed by atoms with E-state index in [9.17, 15) is 13.6 Å². The molecule has 0 saturated carbocycles. The number of hydrogen-bond donors (Lipinski definition) is 1. The summed E-state index contributed by atoms with van der Waals surface area (Å²) in [6.07, 6.45) is 0.923. The van der Waals surface area contributed by atoms with Crippen molar-refractivity contribution in [1.29, 1.82) is 0 Å². The zero-order valence-corrected chi connectivity index (χ0v) is 12.5. The van der Waals surface area contributed by atoms with Crippen LogP contribution in [-0.2, 0) is 0 Å². The predicted molar refractivity (Wildman–Crippen MR) is 75.9 cm³/mol. The molecular formula is C15H20F2N2O2. The Kier molecular flexibility index (Phi) is 4.77. The van der Waals surface area contributed by atoms with Gasteiger partial charge in [-0.3, -0.25) is 4.79 Å². The normalized spacial score (nSPS) is 18.1. The molecule has 0 bridgehead atoms. The van der Waals surface area contributed by atoms with Crippen molar-refractivity contribution in [1.82, 2.24) is 10.2 Å². The van der Waals surface area contributed by atoms with E-state index >= 15 is 0 Å². The van der Waals surface area contributed by atoms with E-state index in [1.165, 1.54) is 0 Å². The molecule has 1 aliphatic heterocycles. The highest BCUT2D eigenvalue weighted by molar-refractivity contribution is 5.95. The van der Waals surface area contributed by atoms with Gasteiger partial charge in [0.25, 0.3) is 5.91 Å². The molecule has 4 nitrogen and oxygen atoms in total. The standard InChI is InChI=1S/C15H20F2N2O2/c1-9-6-11(7-10(2)13(9)21-15(16)17)14(20)19(3)12-4-5-18-8-12/h6-7,12,15,18H,4-5,8H2,1-3H3. The van der Waals surface area contributed by atoms with Gasteiger partial charge in [-0.2, -0.15) is 8.78 Å². The summed E-state index contributed by atoms with van der Waals surface area (Å²) in [4.78, 5) is 14.2. The molecule has 0 radical (unpaired) electrons. The van der Waals surface area contributed by atoms with Crippen LogP contribution in [-0.4, -0.2) is 43.6 Å². The predicted octanol–water partition coefficient (Wildman–Crippen LogP) is 2.34. The monoisotopic (exact) mass is 298 g/mol. The Hall–Kier alpha value is -1.69. The van der Waals surface area contributed by atoms with E-state index in [2.05, 4.69) is 10.1 Å². The van der Waals surface area contributed by atoms with Gasteiger partial charge in [-0.05, 0) is 50.1 Å². The summed E-state index contributed by atoms with van der Waals surface area (Å²) < 4.78 is 29.2. The van der Waals surface area contributed by atoms with E-state index < -0.39 is 6.61 Å². The second kappa shape index (κ2) is 6.39. The van der Waals surface area contributed by atoms with Crippen LogP contribution in [0.3, 0.4) is 0 Å². The van der Waals surface area contributed by atoms with Gasteiger partial charge in [-0.1, -0.05) is 0 Å². The van der Waals surface area contributed by atoms with Crippen molar-refractivity contribution in [3.63, 3.8) is 0 Å². The lowest BCUT2D eigenvalue weighted by atomic mass is 10.0. The molecule has 2 rings (SSSR count). The third-order valence-corrected chi connectivity index (χ3v) is 3.82. The van der Waals surface area contributed by atoms with Crippen LogP contribution in [0.2, 0.25) is 0 Å². The first-order valence-corrected chi connectivity index (χ1v) is 6.94. The van der Waals surface area contributed by atoms with Crippen LogP contribution >= 0.6 is 0 Å². The fraction of sp³-hybridized carbons (Fsp3) is 0.533. The van der Waals surface area contributed by atoms with Gasteiger partial charge < -0.3 is 15.0 Å². The van der Waals surface area contributed by atoms with Gasteiger partial charge in [0.1, 0.15) is 5.75 Å². The number of hydrogen-bond acceptors (Lipinski definition) is 3.